The Bertz CT molecular complexity index is 626. The molecule has 0 bridgehead atoms. The second kappa shape index (κ2) is 6.70. The van der Waals surface area contributed by atoms with E-state index in [1.54, 1.807) is 18.2 Å². The van der Waals surface area contributed by atoms with Gasteiger partial charge in [-0.2, -0.15) is 13.2 Å². The van der Waals surface area contributed by atoms with Crippen LogP contribution in [0.25, 0.3) is 0 Å². The molecule has 0 aliphatic rings. The van der Waals surface area contributed by atoms with Crippen LogP contribution in [0.5, 0.6) is 11.5 Å². The molecule has 0 radical (unpaired) electrons. The van der Waals surface area contributed by atoms with Crippen LogP contribution >= 0.6 is 0 Å². The third-order valence-corrected chi connectivity index (χ3v) is 3.23. The largest absolute Gasteiger partial charge is 0.508 e. The first-order chi connectivity index (χ1) is 10.4. The van der Waals surface area contributed by atoms with E-state index in [9.17, 15) is 23.4 Å². The first kappa shape index (κ1) is 16.2. The van der Waals surface area contributed by atoms with Crippen molar-refractivity contribution in [2.24, 2.45) is 0 Å². The van der Waals surface area contributed by atoms with Crippen LogP contribution in [0.15, 0.2) is 48.5 Å². The minimum Gasteiger partial charge on any atom is -0.508 e. The van der Waals surface area contributed by atoms with E-state index < -0.39 is 17.7 Å². The minimum atomic E-state index is -4.51. The molecule has 2 N–H and O–H groups in total. The van der Waals surface area contributed by atoms with Crippen LogP contribution in [-0.2, 0) is 6.18 Å². The zero-order chi connectivity index (χ0) is 16.2. The molecule has 118 valence electrons. The topological polar surface area (TPSA) is 49.7 Å². The van der Waals surface area contributed by atoms with E-state index in [2.05, 4.69) is 0 Å². The maximum absolute atomic E-state index is 12.9. The monoisotopic (exact) mass is 312 g/mol. The van der Waals surface area contributed by atoms with Crippen LogP contribution in [-0.4, -0.2) is 23.4 Å². The second-order valence-electron chi connectivity index (χ2n) is 4.74. The highest BCUT2D eigenvalue weighted by atomic mass is 19.4. The highest BCUT2D eigenvalue weighted by Gasteiger charge is 2.34. The molecular weight excluding hydrogens is 297 g/mol. The molecule has 0 spiro atoms. The smallest absolute Gasteiger partial charge is 0.419 e. The second-order valence-corrected chi connectivity index (χ2v) is 4.74. The predicted octanol–water partition coefficient (Wildman–Crippen LogP) is 3.57. The summed E-state index contributed by atoms with van der Waals surface area (Å²) in [5, 5.41) is 19.1. The molecule has 1 unspecified atom stereocenters. The van der Waals surface area contributed by atoms with Crippen molar-refractivity contribution in [2.45, 2.75) is 12.1 Å². The number of hydrogen-bond donors (Lipinski definition) is 2. The van der Waals surface area contributed by atoms with Crippen molar-refractivity contribution >= 4 is 0 Å². The molecule has 0 aromatic heterocycles. The summed E-state index contributed by atoms with van der Waals surface area (Å²) in [5.41, 5.74) is -0.446. The molecule has 3 nitrogen and oxygen atoms in total. The van der Waals surface area contributed by atoms with E-state index >= 15 is 0 Å². The molecule has 2 rings (SSSR count). The van der Waals surface area contributed by atoms with Crippen molar-refractivity contribution in [3.8, 4) is 11.5 Å². The van der Waals surface area contributed by atoms with Gasteiger partial charge < -0.3 is 14.9 Å². The van der Waals surface area contributed by atoms with Crippen LogP contribution in [0.1, 0.15) is 17.0 Å². The molecule has 0 saturated heterocycles. The lowest BCUT2D eigenvalue weighted by Gasteiger charge is -2.19. The van der Waals surface area contributed by atoms with Gasteiger partial charge in [-0.1, -0.05) is 30.3 Å². The molecule has 2 aromatic carbocycles. The maximum Gasteiger partial charge on any atom is 0.419 e. The molecule has 0 amide bonds. The summed E-state index contributed by atoms with van der Waals surface area (Å²) in [6.45, 7) is -0.535. The molecule has 0 saturated carbocycles. The Kier molecular flexibility index (Phi) is 4.92. The Hall–Kier alpha value is -2.21. The number of aliphatic hydroxyl groups is 1. The molecule has 1 atom stereocenters. The quantitative estimate of drug-likeness (QED) is 0.887. The fourth-order valence-electron chi connectivity index (χ4n) is 2.09. The minimum absolute atomic E-state index is 0.0331. The van der Waals surface area contributed by atoms with E-state index in [1.807, 2.05) is 0 Å². The fourth-order valence-corrected chi connectivity index (χ4v) is 2.09. The van der Waals surface area contributed by atoms with Gasteiger partial charge in [-0.05, 0) is 18.2 Å². The molecule has 0 heterocycles. The van der Waals surface area contributed by atoms with Gasteiger partial charge in [-0.25, -0.2) is 0 Å². The number of phenolic OH excluding ortho intramolecular Hbond substituents is 1. The third-order valence-electron chi connectivity index (χ3n) is 3.23. The summed E-state index contributed by atoms with van der Waals surface area (Å²) in [6, 6.07) is 11.2. The number of alkyl halides is 3. The maximum atomic E-state index is 12.9. The van der Waals surface area contributed by atoms with Gasteiger partial charge in [0.15, 0.2) is 0 Å². The summed E-state index contributed by atoms with van der Waals surface area (Å²) < 4.78 is 43.9. The van der Waals surface area contributed by atoms with Gasteiger partial charge in [0.1, 0.15) is 11.5 Å². The Labute approximate surface area is 125 Å². The Balaban J connectivity index is 2.17. The molecular formula is C16H15F3O3. The van der Waals surface area contributed by atoms with E-state index in [4.69, 9.17) is 4.74 Å². The normalized spacial score (nSPS) is 12.9. The summed E-state index contributed by atoms with van der Waals surface area (Å²) in [6.07, 6.45) is -4.51. The van der Waals surface area contributed by atoms with Gasteiger partial charge in [0.2, 0.25) is 0 Å². The van der Waals surface area contributed by atoms with Crippen LogP contribution in [0.4, 0.5) is 13.2 Å². The average Bonchev–Trinajstić information content (AvgIpc) is 2.49. The van der Waals surface area contributed by atoms with Gasteiger partial charge in [-0.15, -0.1) is 0 Å². The van der Waals surface area contributed by atoms with E-state index in [0.29, 0.717) is 5.56 Å². The Morgan fingerprint density at radius 1 is 1.00 bits per heavy atom. The molecule has 0 fully saturated rings. The molecule has 2 aromatic rings. The van der Waals surface area contributed by atoms with Crippen LogP contribution in [0.2, 0.25) is 0 Å². The number of aromatic hydroxyl groups is 1. The SMILES string of the molecule is OCC(COc1ccccc1C(F)(F)F)c1ccccc1O. The summed E-state index contributed by atoms with van der Waals surface area (Å²) in [5.74, 6) is -0.958. The lowest BCUT2D eigenvalue weighted by molar-refractivity contribution is -0.139. The molecule has 0 aliphatic heterocycles. The summed E-state index contributed by atoms with van der Waals surface area (Å²) >= 11 is 0. The van der Waals surface area contributed by atoms with Crippen LogP contribution in [0.3, 0.4) is 0 Å². The van der Waals surface area contributed by atoms with Crippen molar-refractivity contribution < 1.29 is 28.1 Å². The van der Waals surface area contributed by atoms with Crippen LogP contribution in [0, 0.1) is 0 Å². The first-order valence-electron chi connectivity index (χ1n) is 6.61. The zero-order valence-electron chi connectivity index (χ0n) is 11.5. The Morgan fingerprint density at radius 3 is 2.27 bits per heavy atom. The molecule has 0 aliphatic carbocycles. The number of para-hydroxylation sites is 2. The first-order valence-corrected chi connectivity index (χ1v) is 6.61. The van der Waals surface area contributed by atoms with Crippen molar-refractivity contribution in [2.75, 3.05) is 13.2 Å². The standard InChI is InChI=1S/C16H15F3O3/c17-16(18,19)13-6-2-4-8-15(13)22-10-11(9-20)12-5-1-3-7-14(12)21/h1-8,11,20-21H,9-10H2. The van der Waals surface area contributed by atoms with Crippen molar-refractivity contribution in [1.29, 1.82) is 0 Å². The van der Waals surface area contributed by atoms with E-state index in [0.717, 1.165) is 6.07 Å². The highest BCUT2D eigenvalue weighted by Crippen LogP contribution is 2.36. The molecule has 6 heteroatoms. The lowest BCUT2D eigenvalue weighted by atomic mass is 10.00. The third kappa shape index (κ3) is 3.71. The van der Waals surface area contributed by atoms with Crippen molar-refractivity contribution in [3.63, 3.8) is 0 Å². The average molecular weight is 312 g/mol. The number of benzene rings is 2. The van der Waals surface area contributed by atoms with Gasteiger partial charge in [0.25, 0.3) is 0 Å². The number of aliphatic hydroxyl groups excluding tert-OH is 1. The Morgan fingerprint density at radius 2 is 1.64 bits per heavy atom. The van der Waals surface area contributed by atoms with Gasteiger partial charge in [0.05, 0.1) is 18.8 Å². The van der Waals surface area contributed by atoms with Gasteiger partial charge in [-0.3, -0.25) is 0 Å². The summed E-state index contributed by atoms with van der Waals surface area (Å²) in [7, 11) is 0. The van der Waals surface area contributed by atoms with Crippen LogP contribution < -0.4 is 4.74 Å². The summed E-state index contributed by atoms with van der Waals surface area (Å²) in [4.78, 5) is 0. The highest BCUT2D eigenvalue weighted by molar-refractivity contribution is 5.37. The number of hydrogen-bond acceptors (Lipinski definition) is 3. The van der Waals surface area contributed by atoms with Gasteiger partial charge >= 0.3 is 6.18 Å². The van der Waals surface area contributed by atoms with Crippen molar-refractivity contribution in [3.05, 3.63) is 59.7 Å². The number of ether oxygens (including phenoxy) is 1. The van der Waals surface area contributed by atoms with Crippen molar-refractivity contribution in [1.82, 2.24) is 0 Å². The number of halogens is 3. The molecule has 22 heavy (non-hydrogen) atoms. The lowest BCUT2D eigenvalue weighted by Crippen LogP contribution is -2.16. The van der Waals surface area contributed by atoms with Gasteiger partial charge in [0, 0.05) is 11.5 Å². The number of rotatable bonds is 5. The zero-order valence-corrected chi connectivity index (χ0v) is 11.5. The fraction of sp³-hybridized carbons (Fsp3) is 0.250. The van der Waals surface area contributed by atoms with E-state index in [-0.39, 0.29) is 24.7 Å². The number of phenols is 1. The van der Waals surface area contributed by atoms with E-state index in [1.165, 1.54) is 24.3 Å². The predicted molar refractivity (Wildman–Crippen MR) is 74.9 cm³/mol.